The van der Waals surface area contributed by atoms with Crippen LogP contribution in [-0.4, -0.2) is 58.0 Å². The third-order valence-electron chi connectivity index (χ3n) is 4.79. The highest BCUT2D eigenvalue weighted by atomic mass is 16.5. The van der Waals surface area contributed by atoms with Gasteiger partial charge in [0.25, 0.3) is 0 Å². The molecule has 1 saturated heterocycles. The van der Waals surface area contributed by atoms with Gasteiger partial charge in [-0.2, -0.15) is 5.10 Å². The van der Waals surface area contributed by atoms with Gasteiger partial charge < -0.3 is 15.0 Å². The Bertz CT molecular complexity index is 717. The molecule has 1 aliphatic rings. The quantitative estimate of drug-likeness (QED) is 0.820. The topological polar surface area (TPSA) is 85.2 Å². The number of aryl methyl sites for hydroxylation is 1. The van der Waals surface area contributed by atoms with Crippen molar-refractivity contribution in [2.24, 2.45) is 7.05 Å². The first-order valence-electron chi connectivity index (χ1n) is 8.38. The molecule has 25 heavy (non-hydrogen) atoms. The van der Waals surface area contributed by atoms with Crippen LogP contribution in [0.25, 0.3) is 0 Å². The van der Waals surface area contributed by atoms with E-state index in [0.29, 0.717) is 13.0 Å². The van der Waals surface area contributed by atoms with E-state index >= 15 is 0 Å². The van der Waals surface area contributed by atoms with Gasteiger partial charge in [-0.3, -0.25) is 9.48 Å². The second-order valence-electron chi connectivity index (χ2n) is 6.33. The Hall–Kier alpha value is -2.48. The van der Waals surface area contributed by atoms with E-state index in [1.54, 1.807) is 24.2 Å². The Morgan fingerprint density at radius 1 is 1.48 bits per heavy atom. The summed E-state index contributed by atoms with van der Waals surface area (Å²) in [6.07, 6.45) is 6.34. The summed E-state index contributed by atoms with van der Waals surface area (Å²) in [6.45, 7) is 3.28. The number of anilines is 1. The lowest BCUT2D eigenvalue weighted by Crippen LogP contribution is -2.41. The zero-order valence-electron chi connectivity index (χ0n) is 14.8. The molecule has 0 unspecified atom stereocenters. The molecule has 134 valence electrons. The molecule has 2 aromatic rings. The summed E-state index contributed by atoms with van der Waals surface area (Å²) in [5, 5.41) is 7.21. The van der Waals surface area contributed by atoms with Crippen molar-refractivity contribution < 1.29 is 9.53 Å². The number of carbonyl (C=O) groups is 1. The van der Waals surface area contributed by atoms with E-state index in [2.05, 4.69) is 25.3 Å². The molecule has 1 aliphatic heterocycles. The SMILES string of the molecule is CO[C@@H]1C[C@H](CNC(=O)Cc2cnn(C)c2C)N(c2ccncn2)C1. The van der Waals surface area contributed by atoms with Crippen molar-refractivity contribution >= 4 is 11.7 Å². The molecule has 0 aliphatic carbocycles. The van der Waals surface area contributed by atoms with E-state index in [-0.39, 0.29) is 18.1 Å². The van der Waals surface area contributed by atoms with Crippen LogP contribution in [0.4, 0.5) is 5.82 Å². The lowest BCUT2D eigenvalue weighted by atomic mass is 10.1. The third-order valence-corrected chi connectivity index (χ3v) is 4.79. The number of nitrogens with one attached hydrogen (secondary N) is 1. The molecular weight excluding hydrogens is 320 g/mol. The Morgan fingerprint density at radius 3 is 2.96 bits per heavy atom. The molecule has 1 N–H and O–H groups in total. The summed E-state index contributed by atoms with van der Waals surface area (Å²) in [6, 6.07) is 2.03. The molecule has 1 amide bonds. The summed E-state index contributed by atoms with van der Waals surface area (Å²) >= 11 is 0. The molecule has 8 nitrogen and oxygen atoms in total. The Kier molecular flexibility index (Phi) is 5.28. The summed E-state index contributed by atoms with van der Waals surface area (Å²) in [7, 11) is 3.59. The molecule has 0 spiro atoms. The molecule has 1 fully saturated rings. The van der Waals surface area contributed by atoms with Gasteiger partial charge in [0.15, 0.2) is 0 Å². The van der Waals surface area contributed by atoms with E-state index in [4.69, 9.17) is 4.74 Å². The van der Waals surface area contributed by atoms with Crippen LogP contribution in [0.3, 0.4) is 0 Å². The second kappa shape index (κ2) is 7.60. The monoisotopic (exact) mass is 344 g/mol. The molecular formula is C17H24N6O2. The van der Waals surface area contributed by atoms with Crippen molar-refractivity contribution in [2.45, 2.75) is 31.9 Å². The number of nitrogens with zero attached hydrogens (tertiary/aromatic N) is 5. The molecule has 0 aromatic carbocycles. The van der Waals surface area contributed by atoms with Gasteiger partial charge in [-0.05, 0) is 19.4 Å². The first kappa shape index (κ1) is 17.3. The van der Waals surface area contributed by atoms with Crippen LogP contribution in [0.5, 0.6) is 0 Å². The van der Waals surface area contributed by atoms with Crippen LogP contribution in [0.1, 0.15) is 17.7 Å². The average Bonchev–Trinajstić information content (AvgIpc) is 3.19. The summed E-state index contributed by atoms with van der Waals surface area (Å²) in [4.78, 5) is 22.8. The minimum Gasteiger partial charge on any atom is -0.380 e. The highest BCUT2D eigenvalue weighted by Gasteiger charge is 2.33. The predicted octanol–water partition coefficient (Wildman–Crippen LogP) is 0.471. The highest BCUT2D eigenvalue weighted by molar-refractivity contribution is 5.78. The van der Waals surface area contributed by atoms with Crippen molar-refractivity contribution in [1.82, 2.24) is 25.1 Å². The molecule has 0 bridgehead atoms. The third kappa shape index (κ3) is 3.96. The van der Waals surface area contributed by atoms with Gasteiger partial charge in [-0.25, -0.2) is 9.97 Å². The van der Waals surface area contributed by atoms with Crippen molar-refractivity contribution in [3.63, 3.8) is 0 Å². The largest absolute Gasteiger partial charge is 0.380 e. The maximum absolute atomic E-state index is 12.3. The van der Waals surface area contributed by atoms with Crippen molar-refractivity contribution in [1.29, 1.82) is 0 Å². The smallest absolute Gasteiger partial charge is 0.224 e. The molecule has 0 radical (unpaired) electrons. The second-order valence-corrected chi connectivity index (χ2v) is 6.33. The van der Waals surface area contributed by atoms with Gasteiger partial charge in [-0.15, -0.1) is 0 Å². The lowest BCUT2D eigenvalue weighted by molar-refractivity contribution is -0.120. The number of hydrogen-bond acceptors (Lipinski definition) is 6. The standard InChI is InChI=1S/C17H24N6O2/c1-12-13(8-21-22(12)2)6-17(24)19-9-14-7-15(25-3)10-23(14)16-4-5-18-11-20-16/h4-5,8,11,14-15H,6-7,9-10H2,1-3H3,(H,19,24)/t14-,15-/m1/s1. The van der Waals surface area contributed by atoms with E-state index < -0.39 is 0 Å². The average molecular weight is 344 g/mol. The first-order valence-corrected chi connectivity index (χ1v) is 8.38. The van der Waals surface area contributed by atoms with Crippen molar-refractivity contribution in [3.05, 3.63) is 36.0 Å². The van der Waals surface area contributed by atoms with Gasteiger partial charge in [0.1, 0.15) is 12.1 Å². The van der Waals surface area contributed by atoms with Gasteiger partial charge in [0.2, 0.25) is 5.91 Å². The van der Waals surface area contributed by atoms with Crippen LogP contribution >= 0.6 is 0 Å². The van der Waals surface area contributed by atoms with Crippen LogP contribution in [0.2, 0.25) is 0 Å². The maximum Gasteiger partial charge on any atom is 0.224 e. The first-order chi connectivity index (χ1) is 12.1. The normalized spacial score (nSPS) is 20.0. The fourth-order valence-corrected chi connectivity index (χ4v) is 3.16. The molecule has 3 rings (SSSR count). The lowest BCUT2D eigenvalue weighted by Gasteiger charge is -2.25. The fraction of sp³-hybridized carbons (Fsp3) is 0.529. The number of amides is 1. The van der Waals surface area contributed by atoms with E-state index in [1.165, 1.54) is 6.33 Å². The molecule has 2 atom stereocenters. The van der Waals surface area contributed by atoms with E-state index in [1.807, 2.05) is 20.0 Å². The Morgan fingerprint density at radius 2 is 2.32 bits per heavy atom. The Labute approximate surface area is 147 Å². The van der Waals surface area contributed by atoms with Gasteiger partial charge in [0, 0.05) is 44.7 Å². The highest BCUT2D eigenvalue weighted by Crippen LogP contribution is 2.24. The minimum atomic E-state index is -0.000366. The van der Waals surface area contributed by atoms with Crippen molar-refractivity contribution in [3.8, 4) is 0 Å². The van der Waals surface area contributed by atoms with Crippen LogP contribution in [0.15, 0.2) is 24.8 Å². The molecule has 3 heterocycles. The van der Waals surface area contributed by atoms with E-state index in [9.17, 15) is 4.79 Å². The number of hydrogen-bond donors (Lipinski definition) is 1. The molecule has 8 heteroatoms. The number of aromatic nitrogens is 4. The fourth-order valence-electron chi connectivity index (χ4n) is 3.16. The Balaban J connectivity index is 1.60. The van der Waals surface area contributed by atoms with Crippen LogP contribution < -0.4 is 10.2 Å². The number of methoxy groups -OCH3 is 1. The van der Waals surface area contributed by atoms with Crippen molar-refractivity contribution in [2.75, 3.05) is 25.1 Å². The minimum absolute atomic E-state index is 0.000366. The predicted molar refractivity (Wildman–Crippen MR) is 93.2 cm³/mol. The molecule has 0 saturated carbocycles. The zero-order valence-corrected chi connectivity index (χ0v) is 14.8. The summed E-state index contributed by atoms with van der Waals surface area (Å²) in [5.74, 6) is 0.858. The number of carbonyl (C=O) groups excluding carboxylic acids is 1. The van der Waals surface area contributed by atoms with Crippen LogP contribution in [-0.2, 0) is 23.0 Å². The van der Waals surface area contributed by atoms with E-state index in [0.717, 1.165) is 30.0 Å². The summed E-state index contributed by atoms with van der Waals surface area (Å²) < 4.78 is 7.28. The number of ether oxygens (including phenoxy) is 1. The summed E-state index contributed by atoms with van der Waals surface area (Å²) in [5.41, 5.74) is 1.96. The molecule has 2 aromatic heterocycles. The zero-order chi connectivity index (χ0) is 17.8. The van der Waals surface area contributed by atoms with Crippen LogP contribution in [0, 0.1) is 6.92 Å². The van der Waals surface area contributed by atoms with Gasteiger partial charge in [-0.1, -0.05) is 0 Å². The maximum atomic E-state index is 12.3. The number of rotatable bonds is 6. The van der Waals surface area contributed by atoms with Gasteiger partial charge in [0.05, 0.1) is 24.8 Å². The van der Waals surface area contributed by atoms with Gasteiger partial charge >= 0.3 is 0 Å².